The molecule has 2 aliphatic rings. The lowest BCUT2D eigenvalue weighted by atomic mass is 9.84. The summed E-state index contributed by atoms with van der Waals surface area (Å²) in [6.45, 7) is 1.02. The number of likely N-dealkylation sites (tertiary alicyclic amines) is 1. The molecule has 0 unspecified atom stereocenters. The second-order valence-corrected chi connectivity index (χ2v) is 9.61. The molecule has 1 saturated carbocycles. The summed E-state index contributed by atoms with van der Waals surface area (Å²) in [6.07, 6.45) is 7.04. The molecule has 10 heteroatoms. The van der Waals surface area contributed by atoms with Crippen LogP contribution in [0.4, 0.5) is 4.39 Å². The molecule has 0 spiro atoms. The van der Waals surface area contributed by atoms with E-state index in [0.717, 1.165) is 25.7 Å². The van der Waals surface area contributed by atoms with Gasteiger partial charge in [0, 0.05) is 25.0 Å². The fraction of sp³-hybridized carbons (Fsp3) is 0.500. The highest BCUT2D eigenvalue weighted by atomic mass is 19.1. The molecule has 3 N–H and O–H groups in total. The Morgan fingerprint density at radius 3 is 2.50 bits per heavy atom. The fourth-order valence-electron chi connectivity index (χ4n) is 5.08. The van der Waals surface area contributed by atoms with Crippen molar-refractivity contribution < 1.29 is 14.3 Å². The van der Waals surface area contributed by atoms with Crippen LogP contribution in [0.15, 0.2) is 41.6 Å². The number of hydrogen-bond acceptors (Lipinski definition) is 6. The normalized spacial score (nSPS) is 22.7. The van der Waals surface area contributed by atoms with E-state index in [2.05, 4.69) is 10.1 Å². The Morgan fingerprint density at radius 1 is 1.15 bits per heavy atom. The minimum atomic E-state index is -1.10. The van der Waals surface area contributed by atoms with E-state index in [1.54, 1.807) is 12.1 Å². The Kier molecular flexibility index (Phi) is 5.95. The molecule has 1 aromatic carbocycles. The summed E-state index contributed by atoms with van der Waals surface area (Å²) in [6, 6.07) is 5.96. The number of fused-ring (bicyclic) bond motifs is 1. The molecule has 3 heterocycles. The number of halogens is 1. The summed E-state index contributed by atoms with van der Waals surface area (Å²) in [5.41, 5.74) is 5.52. The molecule has 5 rings (SSSR count). The summed E-state index contributed by atoms with van der Waals surface area (Å²) in [7, 11) is 0. The van der Waals surface area contributed by atoms with Gasteiger partial charge in [-0.2, -0.15) is 5.10 Å². The number of rotatable bonds is 4. The first-order chi connectivity index (χ1) is 16.3. The second kappa shape index (κ2) is 8.92. The third-order valence-corrected chi connectivity index (χ3v) is 7.22. The highest BCUT2D eigenvalue weighted by Gasteiger charge is 2.37. The van der Waals surface area contributed by atoms with Crippen molar-refractivity contribution in [3.8, 4) is 5.69 Å². The van der Waals surface area contributed by atoms with Crippen LogP contribution in [0.1, 0.15) is 38.5 Å². The average Bonchev–Trinajstić information content (AvgIpc) is 3.27. The molecule has 0 atom stereocenters. The van der Waals surface area contributed by atoms with E-state index < -0.39 is 5.60 Å². The van der Waals surface area contributed by atoms with Crippen LogP contribution in [0.5, 0.6) is 0 Å². The first kappa shape index (κ1) is 22.7. The Balaban J connectivity index is 1.28. The van der Waals surface area contributed by atoms with Gasteiger partial charge in [-0.15, -0.1) is 0 Å². The van der Waals surface area contributed by atoms with Crippen molar-refractivity contribution >= 4 is 16.9 Å². The smallest absolute Gasteiger partial charge is 0.264 e. The van der Waals surface area contributed by atoms with Gasteiger partial charge < -0.3 is 15.7 Å². The van der Waals surface area contributed by atoms with Crippen LogP contribution in [-0.2, 0) is 11.3 Å². The zero-order chi connectivity index (χ0) is 23.9. The molecule has 9 nitrogen and oxygen atoms in total. The van der Waals surface area contributed by atoms with E-state index in [9.17, 15) is 19.1 Å². The molecule has 3 aromatic rings. The summed E-state index contributed by atoms with van der Waals surface area (Å²) in [4.78, 5) is 32.2. The minimum absolute atomic E-state index is 0.0258. The molecular weight excluding hydrogens is 439 g/mol. The van der Waals surface area contributed by atoms with Crippen LogP contribution in [0, 0.1) is 11.7 Å². The molecule has 2 aromatic heterocycles. The summed E-state index contributed by atoms with van der Waals surface area (Å²) < 4.78 is 16.1. The summed E-state index contributed by atoms with van der Waals surface area (Å²) >= 11 is 0. The number of carbonyl (C=O) groups is 1. The van der Waals surface area contributed by atoms with Crippen molar-refractivity contribution in [3.63, 3.8) is 0 Å². The Hall–Kier alpha value is -3.11. The molecule has 1 saturated heterocycles. The molecule has 1 amide bonds. The number of benzene rings is 1. The Bertz CT molecular complexity index is 1240. The topological polar surface area (TPSA) is 119 Å². The third kappa shape index (κ3) is 4.35. The van der Waals surface area contributed by atoms with E-state index in [1.165, 1.54) is 33.9 Å². The Morgan fingerprint density at radius 2 is 1.82 bits per heavy atom. The maximum absolute atomic E-state index is 13.2. The van der Waals surface area contributed by atoms with Crippen molar-refractivity contribution in [1.82, 2.24) is 24.2 Å². The third-order valence-electron chi connectivity index (χ3n) is 7.22. The van der Waals surface area contributed by atoms with Gasteiger partial charge >= 0.3 is 0 Å². The van der Waals surface area contributed by atoms with E-state index >= 15 is 0 Å². The van der Waals surface area contributed by atoms with E-state index in [1.807, 2.05) is 4.90 Å². The summed E-state index contributed by atoms with van der Waals surface area (Å²) in [5, 5.41) is 15.7. The number of piperidine rings is 1. The van der Waals surface area contributed by atoms with Gasteiger partial charge in [0.25, 0.3) is 5.56 Å². The van der Waals surface area contributed by atoms with E-state index in [0.29, 0.717) is 42.7 Å². The number of aliphatic hydroxyl groups is 1. The average molecular weight is 469 g/mol. The van der Waals surface area contributed by atoms with Gasteiger partial charge in [0.2, 0.25) is 5.91 Å². The zero-order valence-electron chi connectivity index (χ0n) is 18.9. The SMILES string of the molecule is N[C@H]1CC[C@H](C(=O)N2CCC(O)(Cn3cnc4c(cnn4-c4ccc(F)cc4)c3=O)CC2)CC1. The molecule has 1 aliphatic carbocycles. The van der Waals surface area contributed by atoms with Gasteiger partial charge in [0.05, 0.1) is 24.0 Å². The lowest BCUT2D eigenvalue weighted by molar-refractivity contribution is -0.141. The number of amides is 1. The number of nitrogens with zero attached hydrogens (tertiary/aromatic N) is 5. The molecule has 1 aliphatic heterocycles. The maximum Gasteiger partial charge on any atom is 0.264 e. The minimum Gasteiger partial charge on any atom is -0.388 e. The molecule has 0 radical (unpaired) electrons. The summed E-state index contributed by atoms with van der Waals surface area (Å²) in [5.74, 6) is -0.181. The monoisotopic (exact) mass is 468 g/mol. The van der Waals surface area contributed by atoms with Crippen LogP contribution >= 0.6 is 0 Å². The molecule has 180 valence electrons. The van der Waals surface area contributed by atoms with Crippen LogP contribution < -0.4 is 11.3 Å². The molecule has 34 heavy (non-hydrogen) atoms. The highest BCUT2D eigenvalue weighted by molar-refractivity contribution is 5.79. The second-order valence-electron chi connectivity index (χ2n) is 9.61. The van der Waals surface area contributed by atoms with Gasteiger partial charge in [-0.05, 0) is 62.8 Å². The molecular formula is C24H29FN6O3. The van der Waals surface area contributed by atoms with Crippen molar-refractivity contribution in [3.05, 3.63) is 53.0 Å². The van der Waals surface area contributed by atoms with Crippen molar-refractivity contribution in [1.29, 1.82) is 0 Å². The van der Waals surface area contributed by atoms with Crippen LogP contribution in [0.3, 0.4) is 0 Å². The van der Waals surface area contributed by atoms with Crippen LogP contribution in [0.2, 0.25) is 0 Å². The number of hydrogen-bond donors (Lipinski definition) is 2. The van der Waals surface area contributed by atoms with Gasteiger partial charge in [0.15, 0.2) is 5.65 Å². The quantitative estimate of drug-likeness (QED) is 0.600. The van der Waals surface area contributed by atoms with Crippen molar-refractivity contribution in [2.24, 2.45) is 11.7 Å². The van der Waals surface area contributed by atoms with E-state index in [4.69, 9.17) is 5.73 Å². The van der Waals surface area contributed by atoms with Gasteiger partial charge in [0.1, 0.15) is 17.5 Å². The first-order valence-corrected chi connectivity index (χ1v) is 11.8. The van der Waals surface area contributed by atoms with Crippen molar-refractivity contribution in [2.75, 3.05) is 13.1 Å². The first-order valence-electron chi connectivity index (χ1n) is 11.8. The van der Waals surface area contributed by atoms with Crippen molar-refractivity contribution in [2.45, 2.75) is 56.7 Å². The molecule has 2 fully saturated rings. The van der Waals surface area contributed by atoms with Crippen LogP contribution in [-0.4, -0.2) is 60.0 Å². The van der Waals surface area contributed by atoms with E-state index in [-0.39, 0.29) is 35.8 Å². The van der Waals surface area contributed by atoms with Gasteiger partial charge in [-0.25, -0.2) is 14.1 Å². The zero-order valence-corrected chi connectivity index (χ0v) is 18.9. The fourth-order valence-corrected chi connectivity index (χ4v) is 5.08. The standard InChI is InChI=1S/C24H29FN6O3/c25-17-3-7-19(8-4-17)31-21-20(13-28-31)23(33)30(15-27-21)14-24(34)9-11-29(12-10-24)22(32)16-1-5-18(26)6-2-16/h3-4,7-8,13,15-16,18,34H,1-2,5-6,9-12,14,26H2/t16-,18-. The van der Waals surface area contributed by atoms with Gasteiger partial charge in [-0.1, -0.05) is 0 Å². The maximum atomic E-state index is 13.2. The number of aromatic nitrogens is 4. The highest BCUT2D eigenvalue weighted by Crippen LogP contribution is 2.29. The number of nitrogens with two attached hydrogens (primary N) is 1. The number of carbonyl (C=O) groups excluding carboxylic acids is 1. The Labute approximate surface area is 196 Å². The predicted molar refractivity (Wildman–Crippen MR) is 124 cm³/mol. The lowest BCUT2D eigenvalue weighted by Gasteiger charge is -2.40. The molecule has 0 bridgehead atoms. The van der Waals surface area contributed by atoms with Gasteiger partial charge in [-0.3, -0.25) is 14.2 Å². The largest absolute Gasteiger partial charge is 0.388 e. The lowest BCUT2D eigenvalue weighted by Crippen LogP contribution is -2.51. The predicted octanol–water partition coefficient (Wildman–Crippen LogP) is 1.59. The van der Waals surface area contributed by atoms with Crippen LogP contribution in [0.25, 0.3) is 16.7 Å².